The van der Waals surface area contributed by atoms with Gasteiger partial charge in [-0.15, -0.1) is 0 Å². The molecule has 2 N–H and O–H groups in total. The summed E-state index contributed by atoms with van der Waals surface area (Å²) in [5.74, 6) is 1.45. The van der Waals surface area contributed by atoms with Crippen LogP contribution in [0.2, 0.25) is 0 Å². The first kappa shape index (κ1) is 15.8. The first-order valence-corrected chi connectivity index (χ1v) is 6.89. The second-order valence-corrected chi connectivity index (χ2v) is 6.36. The van der Waals surface area contributed by atoms with Crippen molar-refractivity contribution in [2.24, 2.45) is 11.7 Å². The van der Waals surface area contributed by atoms with Crippen molar-refractivity contribution in [3.63, 3.8) is 0 Å². The lowest BCUT2D eigenvalue weighted by molar-refractivity contribution is 0.397. The van der Waals surface area contributed by atoms with E-state index in [1.165, 1.54) is 11.3 Å². The number of hydrogen-bond acceptors (Lipinski definition) is 3. The van der Waals surface area contributed by atoms with Gasteiger partial charge < -0.3 is 15.4 Å². The molecule has 0 saturated carbocycles. The van der Waals surface area contributed by atoms with E-state index in [0.29, 0.717) is 12.5 Å². The average molecular weight is 264 g/mol. The van der Waals surface area contributed by atoms with Gasteiger partial charge in [-0.2, -0.15) is 0 Å². The van der Waals surface area contributed by atoms with E-state index in [4.69, 9.17) is 10.5 Å². The minimum Gasteiger partial charge on any atom is -0.496 e. The molecule has 0 heterocycles. The Balaban J connectivity index is 3.04. The minimum atomic E-state index is 0.0711. The second-order valence-electron chi connectivity index (χ2n) is 6.36. The van der Waals surface area contributed by atoms with Gasteiger partial charge in [-0.05, 0) is 36.1 Å². The van der Waals surface area contributed by atoms with E-state index in [0.717, 1.165) is 12.3 Å². The smallest absolute Gasteiger partial charge is 0.122 e. The van der Waals surface area contributed by atoms with Crippen LogP contribution in [0.25, 0.3) is 0 Å². The molecule has 0 spiro atoms. The molecule has 0 amide bonds. The summed E-state index contributed by atoms with van der Waals surface area (Å²) in [5.41, 5.74) is 8.22. The van der Waals surface area contributed by atoms with E-state index in [-0.39, 0.29) is 5.41 Å². The van der Waals surface area contributed by atoms with Crippen LogP contribution in [-0.2, 0) is 5.41 Å². The van der Waals surface area contributed by atoms with E-state index in [2.05, 4.69) is 57.8 Å². The highest BCUT2D eigenvalue weighted by Crippen LogP contribution is 2.34. The van der Waals surface area contributed by atoms with Crippen molar-refractivity contribution >= 4 is 5.69 Å². The molecule has 19 heavy (non-hydrogen) atoms. The van der Waals surface area contributed by atoms with E-state index in [1.807, 2.05) is 0 Å². The molecule has 3 nitrogen and oxygen atoms in total. The Bertz CT molecular complexity index is 410. The van der Waals surface area contributed by atoms with E-state index in [9.17, 15) is 0 Å². The number of hydrogen-bond donors (Lipinski definition) is 1. The lowest BCUT2D eigenvalue weighted by Crippen LogP contribution is -2.28. The van der Waals surface area contributed by atoms with Crippen LogP contribution in [0.1, 0.15) is 33.3 Å². The summed E-state index contributed by atoms with van der Waals surface area (Å²) in [4.78, 5) is 2.26. The standard InChI is InChI=1S/C16H28N2O/c1-12(10-17)11-18(5)13-7-8-15(19-6)14(9-13)16(2,3)4/h7-9,12H,10-11,17H2,1-6H3. The summed E-state index contributed by atoms with van der Waals surface area (Å²) < 4.78 is 5.47. The Kier molecular flexibility index (Phi) is 5.24. The number of anilines is 1. The molecule has 0 bridgehead atoms. The van der Waals surface area contributed by atoms with Gasteiger partial charge in [-0.25, -0.2) is 0 Å². The molecule has 3 heteroatoms. The number of nitrogens with zero attached hydrogens (tertiary/aromatic N) is 1. The number of ether oxygens (including phenoxy) is 1. The molecule has 108 valence electrons. The van der Waals surface area contributed by atoms with Gasteiger partial charge in [0.25, 0.3) is 0 Å². The van der Waals surface area contributed by atoms with Gasteiger partial charge in [0.05, 0.1) is 7.11 Å². The maximum absolute atomic E-state index is 5.70. The Hall–Kier alpha value is -1.22. The molecule has 1 unspecified atom stereocenters. The summed E-state index contributed by atoms with van der Waals surface area (Å²) in [5, 5.41) is 0. The lowest BCUT2D eigenvalue weighted by atomic mass is 9.86. The molecule has 0 aromatic heterocycles. The molecule has 1 aromatic rings. The Morgan fingerprint density at radius 1 is 1.32 bits per heavy atom. The molecule has 0 saturated heterocycles. The van der Waals surface area contributed by atoms with Crippen molar-refractivity contribution in [2.45, 2.75) is 33.1 Å². The summed E-state index contributed by atoms with van der Waals surface area (Å²) >= 11 is 0. The van der Waals surface area contributed by atoms with Gasteiger partial charge in [0, 0.05) is 24.8 Å². The fraction of sp³-hybridized carbons (Fsp3) is 0.625. The van der Waals surface area contributed by atoms with E-state index in [1.54, 1.807) is 7.11 Å². The fourth-order valence-corrected chi connectivity index (χ4v) is 2.17. The van der Waals surface area contributed by atoms with Crippen molar-refractivity contribution in [1.29, 1.82) is 0 Å². The molecule has 1 rings (SSSR count). The molecular formula is C16H28N2O. The van der Waals surface area contributed by atoms with Crippen LogP contribution in [-0.4, -0.2) is 27.2 Å². The fourth-order valence-electron chi connectivity index (χ4n) is 2.17. The quantitative estimate of drug-likeness (QED) is 0.888. The molecule has 0 aliphatic rings. The van der Waals surface area contributed by atoms with Gasteiger partial charge in [0.1, 0.15) is 5.75 Å². The molecule has 1 atom stereocenters. The number of methoxy groups -OCH3 is 1. The SMILES string of the molecule is COc1ccc(N(C)CC(C)CN)cc1C(C)(C)C. The van der Waals surface area contributed by atoms with Crippen molar-refractivity contribution in [3.05, 3.63) is 23.8 Å². The number of benzene rings is 1. The zero-order chi connectivity index (χ0) is 14.6. The number of rotatable bonds is 5. The molecule has 0 aliphatic heterocycles. The van der Waals surface area contributed by atoms with Crippen LogP contribution in [0.3, 0.4) is 0 Å². The molecule has 1 aromatic carbocycles. The van der Waals surface area contributed by atoms with Crippen molar-refractivity contribution < 1.29 is 4.74 Å². The highest BCUT2D eigenvalue weighted by atomic mass is 16.5. The number of nitrogens with two attached hydrogens (primary N) is 1. The Labute approximate surface area is 117 Å². The molecule has 0 fully saturated rings. The van der Waals surface area contributed by atoms with E-state index >= 15 is 0 Å². The first-order valence-electron chi connectivity index (χ1n) is 6.89. The topological polar surface area (TPSA) is 38.5 Å². The van der Waals surface area contributed by atoms with Crippen LogP contribution < -0.4 is 15.4 Å². The highest BCUT2D eigenvalue weighted by molar-refractivity contribution is 5.54. The normalized spacial score (nSPS) is 13.2. The van der Waals surface area contributed by atoms with Crippen LogP contribution in [0.5, 0.6) is 5.75 Å². The zero-order valence-electron chi connectivity index (χ0n) is 13.2. The van der Waals surface area contributed by atoms with Crippen molar-refractivity contribution in [2.75, 3.05) is 32.1 Å². The molecule has 0 aliphatic carbocycles. The summed E-state index contributed by atoms with van der Waals surface area (Å²) in [7, 11) is 3.84. The van der Waals surface area contributed by atoms with Gasteiger partial charge in [0.2, 0.25) is 0 Å². The zero-order valence-corrected chi connectivity index (χ0v) is 13.2. The van der Waals surface area contributed by atoms with Crippen molar-refractivity contribution in [3.8, 4) is 5.75 Å². The lowest BCUT2D eigenvalue weighted by Gasteiger charge is -2.27. The Morgan fingerprint density at radius 2 is 1.95 bits per heavy atom. The maximum Gasteiger partial charge on any atom is 0.122 e. The van der Waals surface area contributed by atoms with Gasteiger partial charge in [-0.1, -0.05) is 27.7 Å². The van der Waals surface area contributed by atoms with Crippen LogP contribution in [0.4, 0.5) is 5.69 Å². The van der Waals surface area contributed by atoms with Crippen LogP contribution in [0.15, 0.2) is 18.2 Å². The predicted molar refractivity (Wildman–Crippen MR) is 83.2 cm³/mol. The van der Waals surface area contributed by atoms with Crippen molar-refractivity contribution in [1.82, 2.24) is 0 Å². The predicted octanol–water partition coefficient (Wildman–Crippen LogP) is 3.02. The van der Waals surface area contributed by atoms with Gasteiger partial charge in [-0.3, -0.25) is 0 Å². The largest absolute Gasteiger partial charge is 0.496 e. The monoisotopic (exact) mass is 264 g/mol. The van der Waals surface area contributed by atoms with Gasteiger partial charge >= 0.3 is 0 Å². The van der Waals surface area contributed by atoms with Crippen LogP contribution in [0, 0.1) is 5.92 Å². The third-order valence-corrected chi connectivity index (χ3v) is 3.42. The minimum absolute atomic E-state index is 0.0711. The maximum atomic E-state index is 5.70. The highest BCUT2D eigenvalue weighted by Gasteiger charge is 2.20. The average Bonchev–Trinajstić information content (AvgIpc) is 2.36. The second kappa shape index (κ2) is 6.29. The van der Waals surface area contributed by atoms with Gasteiger partial charge in [0.15, 0.2) is 0 Å². The van der Waals surface area contributed by atoms with E-state index < -0.39 is 0 Å². The summed E-state index contributed by atoms with van der Waals surface area (Å²) in [6, 6.07) is 6.39. The molecule has 0 radical (unpaired) electrons. The molecular weight excluding hydrogens is 236 g/mol. The third kappa shape index (κ3) is 4.13. The third-order valence-electron chi connectivity index (χ3n) is 3.42. The summed E-state index contributed by atoms with van der Waals surface area (Å²) in [6.45, 7) is 10.5. The van der Waals surface area contributed by atoms with Crippen LogP contribution >= 0.6 is 0 Å². The summed E-state index contributed by atoms with van der Waals surface area (Å²) in [6.07, 6.45) is 0. The first-order chi connectivity index (χ1) is 8.79. The Morgan fingerprint density at radius 3 is 2.42 bits per heavy atom.